The zero-order chi connectivity index (χ0) is 12.8. The first-order valence-corrected chi connectivity index (χ1v) is 6.13. The van der Waals surface area contributed by atoms with Gasteiger partial charge in [0, 0.05) is 6.42 Å². The van der Waals surface area contributed by atoms with Gasteiger partial charge in [0.25, 0.3) is 0 Å². The molecule has 0 amide bonds. The lowest BCUT2D eigenvalue weighted by atomic mass is 9.76. The second-order valence-electron chi connectivity index (χ2n) is 5.16. The summed E-state index contributed by atoms with van der Waals surface area (Å²) in [5.41, 5.74) is 0.135. The molecule has 1 aliphatic rings. The molecule has 1 atom stereocenters. The molecule has 0 bridgehead atoms. The van der Waals surface area contributed by atoms with Crippen molar-refractivity contribution in [1.82, 2.24) is 0 Å². The third-order valence-electron chi connectivity index (χ3n) is 2.77. The number of rotatable bonds is 1. The number of carbonyl (C=O) groups is 1. The van der Waals surface area contributed by atoms with E-state index < -0.39 is 0 Å². The van der Waals surface area contributed by atoms with Gasteiger partial charge >= 0.3 is 0 Å². The first-order chi connectivity index (χ1) is 7.23. The van der Waals surface area contributed by atoms with Crippen LogP contribution in [-0.4, -0.2) is 10.7 Å². The predicted octanol–water partition coefficient (Wildman–Crippen LogP) is 4.51. The van der Waals surface area contributed by atoms with Gasteiger partial charge in [0.1, 0.15) is 5.78 Å². The second-order valence-corrected chi connectivity index (χ2v) is 5.83. The number of ketones is 1. The highest BCUT2D eigenvalue weighted by Gasteiger charge is 2.37. The van der Waals surface area contributed by atoms with E-state index in [-0.39, 0.29) is 16.1 Å². The molecule has 16 heavy (non-hydrogen) atoms. The zero-order valence-electron chi connectivity index (χ0n) is 11.0. The van der Waals surface area contributed by atoms with Gasteiger partial charge in [-0.15, -0.1) is 11.6 Å². The van der Waals surface area contributed by atoms with E-state index >= 15 is 0 Å². The molecule has 1 rings (SSSR count). The lowest BCUT2D eigenvalue weighted by Gasteiger charge is -2.37. The molecule has 0 aromatic carbocycles. The minimum Gasteiger partial charge on any atom is -0.300 e. The van der Waals surface area contributed by atoms with Crippen LogP contribution in [0.25, 0.3) is 0 Å². The van der Waals surface area contributed by atoms with E-state index in [1.807, 2.05) is 19.1 Å². The van der Waals surface area contributed by atoms with E-state index in [2.05, 4.69) is 32.9 Å². The summed E-state index contributed by atoms with van der Waals surface area (Å²) < 4.78 is 0. The van der Waals surface area contributed by atoms with Crippen LogP contribution in [-0.2, 0) is 4.79 Å². The molecule has 0 fully saturated rings. The van der Waals surface area contributed by atoms with Crippen LogP contribution in [0.1, 0.15) is 47.5 Å². The van der Waals surface area contributed by atoms with Gasteiger partial charge in [-0.25, -0.2) is 0 Å². The van der Waals surface area contributed by atoms with Crippen molar-refractivity contribution >= 4 is 17.4 Å². The number of Topliss-reactive ketones (excluding diaryl/α,β-unsaturated/α-hetero) is 1. The number of halogens is 1. The fourth-order valence-electron chi connectivity index (χ4n) is 1.15. The summed E-state index contributed by atoms with van der Waals surface area (Å²) >= 11 is 6.41. The Morgan fingerprint density at radius 1 is 1.38 bits per heavy atom. The normalized spacial score (nSPS) is 23.6. The summed E-state index contributed by atoms with van der Waals surface area (Å²) in [6, 6.07) is 0. The Morgan fingerprint density at radius 3 is 2.06 bits per heavy atom. The Hall–Kier alpha value is -0.560. The molecular formula is C14H23ClO. The summed E-state index contributed by atoms with van der Waals surface area (Å²) in [7, 11) is 0. The van der Waals surface area contributed by atoms with Crippen LogP contribution in [0.5, 0.6) is 0 Å². The highest BCUT2D eigenvalue weighted by molar-refractivity contribution is 6.26. The first kappa shape index (κ1) is 15.4. The van der Waals surface area contributed by atoms with Gasteiger partial charge in [-0.3, -0.25) is 0 Å². The van der Waals surface area contributed by atoms with Crippen molar-refractivity contribution in [3.05, 3.63) is 24.3 Å². The lowest BCUT2D eigenvalue weighted by Crippen LogP contribution is -2.35. The highest BCUT2D eigenvalue weighted by atomic mass is 35.5. The quantitative estimate of drug-likeness (QED) is 0.619. The van der Waals surface area contributed by atoms with Crippen LogP contribution in [0.4, 0.5) is 0 Å². The maximum atomic E-state index is 9.81. The third kappa shape index (κ3) is 4.98. The van der Waals surface area contributed by atoms with Crippen molar-refractivity contribution in [1.29, 1.82) is 0 Å². The van der Waals surface area contributed by atoms with Crippen LogP contribution < -0.4 is 0 Å². The minimum atomic E-state index is -0.179. The average molecular weight is 243 g/mol. The average Bonchev–Trinajstić information content (AvgIpc) is 2.18. The fourth-order valence-corrected chi connectivity index (χ4v) is 1.31. The monoisotopic (exact) mass is 242 g/mol. The molecule has 0 aromatic heterocycles. The number of allylic oxidation sites excluding steroid dienone is 4. The summed E-state index contributed by atoms with van der Waals surface area (Å²) in [6.07, 6.45) is 9.90. The molecule has 0 N–H and O–H groups in total. The van der Waals surface area contributed by atoms with E-state index in [0.717, 1.165) is 6.42 Å². The molecule has 0 saturated heterocycles. The van der Waals surface area contributed by atoms with Crippen molar-refractivity contribution in [3.8, 4) is 0 Å². The molecule has 1 unspecified atom stereocenters. The molecule has 92 valence electrons. The van der Waals surface area contributed by atoms with E-state index in [1.54, 1.807) is 6.92 Å². The number of alkyl halides is 1. The number of carbonyl (C=O) groups excluding carboxylic acids is 1. The van der Waals surface area contributed by atoms with Crippen molar-refractivity contribution in [2.45, 2.75) is 52.3 Å². The Kier molecular flexibility index (Phi) is 6.02. The maximum Gasteiger partial charge on any atom is 0.129 e. The van der Waals surface area contributed by atoms with Gasteiger partial charge in [-0.05, 0) is 18.8 Å². The number of hydrogen-bond acceptors (Lipinski definition) is 1. The molecule has 1 aliphatic carbocycles. The summed E-state index contributed by atoms with van der Waals surface area (Å²) in [5.74, 6) is 0.255. The molecule has 0 saturated carbocycles. The van der Waals surface area contributed by atoms with Crippen LogP contribution in [0, 0.1) is 5.41 Å². The maximum absolute atomic E-state index is 9.81. The van der Waals surface area contributed by atoms with Gasteiger partial charge < -0.3 is 4.79 Å². The van der Waals surface area contributed by atoms with Crippen LogP contribution in [0.2, 0.25) is 0 Å². The molecule has 0 heterocycles. The third-order valence-corrected chi connectivity index (χ3v) is 3.61. The SMILES string of the molecule is CC(C)(C)C1(Cl)C=CC=CC1.CCC(C)=O. The molecular weight excluding hydrogens is 220 g/mol. The van der Waals surface area contributed by atoms with Crippen LogP contribution in [0.15, 0.2) is 24.3 Å². The van der Waals surface area contributed by atoms with Crippen molar-refractivity contribution in [3.63, 3.8) is 0 Å². The Morgan fingerprint density at radius 2 is 1.88 bits per heavy atom. The first-order valence-electron chi connectivity index (χ1n) is 5.75. The lowest BCUT2D eigenvalue weighted by molar-refractivity contribution is -0.116. The van der Waals surface area contributed by atoms with Gasteiger partial charge in [-0.2, -0.15) is 0 Å². The molecule has 0 radical (unpaired) electrons. The van der Waals surface area contributed by atoms with E-state index in [1.165, 1.54) is 0 Å². The second kappa shape index (κ2) is 6.24. The van der Waals surface area contributed by atoms with E-state index in [4.69, 9.17) is 11.6 Å². The summed E-state index contributed by atoms with van der Waals surface area (Å²) in [6.45, 7) is 9.94. The van der Waals surface area contributed by atoms with Crippen LogP contribution in [0.3, 0.4) is 0 Å². The molecule has 0 aliphatic heterocycles. The van der Waals surface area contributed by atoms with Gasteiger partial charge in [0.15, 0.2) is 0 Å². The largest absolute Gasteiger partial charge is 0.300 e. The van der Waals surface area contributed by atoms with Gasteiger partial charge in [-0.1, -0.05) is 52.0 Å². The van der Waals surface area contributed by atoms with Crippen molar-refractivity contribution in [2.24, 2.45) is 5.41 Å². The topological polar surface area (TPSA) is 17.1 Å². The van der Waals surface area contributed by atoms with Crippen LogP contribution >= 0.6 is 11.6 Å². The molecule has 1 nitrogen and oxygen atoms in total. The molecule has 0 spiro atoms. The standard InChI is InChI=1S/C10H15Cl.C4H8O/c1-9(2,3)10(11)7-5-4-6-8-10;1-3-4(2)5/h4-7H,8H2,1-3H3;3H2,1-2H3. The highest BCUT2D eigenvalue weighted by Crippen LogP contribution is 2.42. The molecule has 0 aromatic rings. The number of hydrogen-bond donors (Lipinski definition) is 0. The summed E-state index contributed by atoms with van der Waals surface area (Å²) in [4.78, 5) is 9.63. The molecule has 2 heteroatoms. The minimum absolute atomic E-state index is 0.135. The fraction of sp³-hybridized carbons (Fsp3) is 0.643. The van der Waals surface area contributed by atoms with Crippen molar-refractivity contribution in [2.75, 3.05) is 0 Å². The smallest absolute Gasteiger partial charge is 0.129 e. The van der Waals surface area contributed by atoms with Gasteiger partial charge in [0.2, 0.25) is 0 Å². The van der Waals surface area contributed by atoms with Gasteiger partial charge in [0.05, 0.1) is 4.87 Å². The Balaban J connectivity index is 0.000000385. The van der Waals surface area contributed by atoms with E-state index in [0.29, 0.717) is 6.42 Å². The summed E-state index contributed by atoms with van der Waals surface area (Å²) in [5, 5.41) is 0. The van der Waals surface area contributed by atoms with E-state index in [9.17, 15) is 4.79 Å². The predicted molar refractivity (Wildman–Crippen MR) is 71.9 cm³/mol. The Bertz CT molecular complexity index is 284. The Labute approximate surface area is 105 Å². The zero-order valence-corrected chi connectivity index (χ0v) is 11.8. The van der Waals surface area contributed by atoms with Crippen molar-refractivity contribution < 1.29 is 4.79 Å².